The third-order valence-electron chi connectivity index (χ3n) is 6.64. The molecule has 2 aliphatic rings. The number of aryl methyl sites for hydroxylation is 1. The minimum Gasteiger partial charge on any atom is -0.385 e. The van der Waals surface area contributed by atoms with E-state index in [4.69, 9.17) is 0 Å². The van der Waals surface area contributed by atoms with Gasteiger partial charge in [0.2, 0.25) is 5.91 Å². The van der Waals surface area contributed by atoms with Crippen LogP contribution in [0, 0.1) is 18.7 Å². The topological polar surface area (TPSA) is 61.4 Å². The van der Waals surface area contributed by atoms with E-state index in [1.807, 2.05) is 26.0 Å². The van der Waals surface area contributed by atoms with Crippen LogP contribution in [0.2, 0.25) is 0 Å². The Kier molecular flexibility index (Phi) is 7.05. The Morgan fingerprint density at radius 2 is 1.86 bits per heavy atom. The van der Waals surface area contributed by atoms with Crippen molar-refractivity contribution in [2.75, 3.05) is 18.4 Å². The van der Waals surface area contributed by atoms with E-state index >= 15 is 0 Å². The SMILES string of the molecule is CCNc1ccc(C)cc1C(=O)N1CCC[C@@H]1C(=O)NC(c1ccc(C(F)(F)F)cc1F)C1CC1. The molecule has 0 radical (unpaired) electrons. The lowest BCUT2D eigenvalue weighted by Crippen LogP contribution is -2.47. The summed E-state index contributed by atoms with van der Waals surface area (Å²) < 4.78 is 53.6. The average molecular weight is 492 g/mol. The Bertz CT molecular complexity index is 1110. The Morgan fingerprint density at radius 3 is 2.49 bits per heavy atom. The van der Waals surface area contributed by atoms with Crippen LogP contribution >= 0.6 is 0 Å². The molecule has 1 aliphatic carbocycles. The molecule has 2 fully saturated rings. The number of alkyl halides is 3. The molecule has 2 aromatic carbocycles. The summed E-state index contributed by atoms with van der Waals surface area (Å²) in [6.07, 6.45) is -2.05. The third kappa shape index (κ3) is 5.44. The van der Waals surface area contributed by atoms with E-state index in [0.717, 1.165) is 30.5 Å². The summed E-state index contributed by atoms with van der Waals surface area (Å²) >= 11 is 0. The summed E-state index contributed by atoms with van der Waals surface area (Å²) in [6.45, 7) is 4.87. The van der Waals surface area contributed by atoms with E-state index < -0.39 is 35.5 Å². The van der Waals surface area contributed by atoms with E-state index in [2.05, 4.69) is 10.6 Å². The monoisotopic (exact) mass is 491 g/mol. The largest absolute Gasteiger partial charge is 0.416 e. The van der Waals surface area contributed by atoms with Crippen LogP contribution in [0.5, 0.6) is 0 Å². The number of likely N-dealkylation sites (tertiary alicyclic amines) is 1. The van der Waals surface area contributed by atoms with Gasteiger partial charge in [0.15, 0.2) is 0 Å². The molecule has 0 aromatic heterocycles. The molecule has 0 bridgehead atoms. The van der Waals surface area contributed by atoms with Crippen molar-refractivity contribution in [1.29, 1.82) is 0 Å². The zero-order valence-corrected chi connectivity index (χ0v) is 19.7. The van der Waals surface area contributed by atoms with Crippen LogP contribution in [0.1, 0.15) is 65.7 Å². The van der Waals surface area contributed by atoms with Gasteiger partial charge in [-0.1, -0.05) is 17.7 Å². The molecule has 0 spiro atoms. The summed E-state index contributed by atoms with van der Waals surface area (Å²) in [5.74, 6) is -1.71. The Hall–Kier alpha value is -3.10. The van der Waals surface area contributed by atoms with Gasteiger partial charge in [0, 0.05) is 24.3 Å². The Labute approximate surface area is 201 Å². The molecule has 2 amide bonds. The normalized spacial score (nSPS) is 18.9. The number of carbonyl (C=O) groups is 2. The summed E-state index contributed by atoms with van der Waals surface area (Å²) in [7, 11) is 0. The molecule has 5 nitrogen and oxygen atoms in total. The fourth-order valence-corrected chi connectivity index (χ4v) is 4.70. The first-order chi connectivity index (χ1) is 16.6. The highest BCUT2D eigenvalue weighted by Crippen LogP contribution is 2.43. The van der Waals surface area contributed by atoms with Gasteiger partial charge in [-0.05, 0) is 69.7 Å². The number of anilines is 1. The zero-order valence-electron chi connectivity index (χ0n) is 19.7. The van der Waals surface area contributed by atoms with Crippen molar-refractivity contribution in [2.45, 2.75) is 57.8 Å². The number of amides is 2. The van der Waals surface area contributed by atoms with Crippen LogP contribution in [0.3, 0.4) is 0 Å². The van der Waals surface area contributed by atoms with Crippen molar-refractivity contribution in [1.82, 2.24) is 10.2 Å². The molecule has 188 valence electrons. The maximum atomic E-state index is 14.7. The molecule has 1 unspecified atom stereocenters. The third-order valence-corrected chi connectivity index (χ3v) is 6.64. The molecular formula is C26H29F4N3O2. The molecule has 35 heavy (non-hydrogen) atoms. The van der Waals surface area contributed by atoms with Crippen molar-refractivity contribution in [3.05, 3.63) is 64.5 Å². The van der Waals surface area contributed by atoms with Crippen molar-refractivity contribution >= 4 is 17.5 Å². The van der Waals surface area contributed by atoms with Gasteiger partial charge in [0.05, 0.1) is 17.2 Å². The van der Waals surface area contributed by atoms with E-state index in [0.29, 0.717) is 43.2 Å². The number of nitrogens with zero attached hydrogens (tertiary/aromatic N) is 1. The van der Waals surface area contributed by atoms with Gasteiger partial charge in [-0.2, -0.15) is 13.2 Å². The Balaban J connectivity index is 1.55. The molecule has 1 saturated carbocycles. The second-order valence-electron chi connectivity index (χ2n) is 9.29. The zero-order chi connectivity index (χ0) is 25.3. The maximum Gasteiger partial charge on any atom is 0.416 e. The van der Waals surface area contributed by atoms with Gasteiger partial charge in [-0.3, -0.25) is 9.59 Å². The van der Waals surface area contributed by atoms with Crippen LogP contribution in [-0.2, 0) is 11.0 Å². The highest BCUT2D eigenvalue weighted by molar-refractivity contribution is 6.02. The first kappa shape index (κ1) is 25.0. The van der Waals surface area contributed by atoms with Gasteiger partial charge in [0.25, 0.3) is 5.91 Å². The van der Waals surface area contributed by atoms with E-state index in [9.17, 15) is 27.2 Å². The summed E-state index contributed by atoms with van der Waals surface area (Å²) in [6, 6.07) is 6.49. The number of hydrogen-bond donors (Lipinski definition) is 2. The van der Waals surface area contributed by atoms with Crippen LogP contribution in [0.25, 0.3) is 0 Å². The molecule has 4 rings (SSSR count). The highest BCUT2D eigenvalue weighted by Gasteiger charge is 2.41. The Morgan fingerprint density at radius 1 is 1.11 bits per heavy atom. The second-order valence-corrected chi connectivity index (χ2v) is 9.29. The van der Waals surface area contributed by atoms with E-state index in [-0.39, 0.29) is 17.4 Å². The number of carbonyl (C=O) groups excluding carboxylic acids is 2. The van der Waals surface area contributed by atoms with Crippen molar-refractivity contribution in [3.63, 3.8) is 0 Å². The minimum absolute atomic E-state index is 0.0397. The number of rotatable bonds is 7. The predicted molar refractivity (Wildman–Crippen MR) is 124 cm³/mol. The number of halogens is 4. The van der Waals surface area contributed by atoms with Crippen LogP contribution in [0.15, 0.2) is 36.4 Å². The fourth-order valence-electron chi connectivity index (χ4n) is 4.70. The van der Waals surface area contributed by atoms with Gasteiger partial charge in [-0.15, -0.1) is 0 Å². The molecule has 2 atom stereocenters. The molecule has 1 saturated heterocycles. The van der Waals surface area contributed by atoms with Crippen molar-refractivity contribution < 1.29 is 27.2 Å². The molecule has 9 heteroatoms. The predicted octanol–water partition coefficient (Wildman–Crippen LogP) is 5.46. The first-order valence-corrected chi connectivity index (χ1v) is 11.9. The maximum absolute atomic E-state index is 14.7. The number of benzene rings is 2. The van der Waals surface area contributed by atoms with Gasteiger partial charge < -0.3 is 15.5 Å². The lowest BCUT2D eigenvalue weighted by Gasteiger charge is -2.28. The van der Waals surface area contributed by atoms with Crippen molar-refractivity contribution in [2.24, 2.45) is 5.92 Å². The molecule has 1 heterocycles. The average Bonchev–Trinajstić information content (AvgIpc) is 3.53. The number of nitrogens with one attached hydrogen (secondary N) is 2. The lowest BCUT2D eigenvalue weighted by molar-refractivity contribution is -0.137. The van der Waals surface area contributed by atoms with Gasteiger partial charge in [0.1, 0.15) is 11.9 Å². The first-order valence-electron chi connectivity index (χ1n) is 11.9. The molecule has 2 aromatic rings. The van der Waals surface area contributed by atoms with Gasteiger partial charge in [-0.25, -0.2) is 4.39 Å². The summed E-state index contributed by atoms with van der Waals surface area (Å²) in [5.41, 5.74) is 1.07. The second kappa shape index (κ2) is 9.87. The quantitative estimate of drug-likeness (QED) is 0.506. The standard InChI is InChI=1S/C26H29F4N3O2/c1-3-31-21-11-6-15(2)13-19(21)25(35)33-12-4-5-22(33)24(34)32-23(16-7-8-16)18-10-9-17(14-20(18)27)26(28,29)30/h6,9-11,13-14,16,22-23,31H,3-5,7-8,12H2,1-2H3,(H,32,34)/t22-,23?/m1/s1. The molecule has 2 N–H and O–H groups in total. The lowest BCUT2D eigenvalue weighted by atomic mass is 9.99. The van der Waals surface area contributed by atoms with Crippen LogP contribution < -0.4 is 10.6 Å². The fraction of sp³-hybridized carbons (Fsp3) is 0.462. The van der Waals surface area contributed by atoms with Gasteiger partial charge >= 0.3 is 6.18 Å². The van der Waals surface area contributed by atoms with Crippen LogP contribution in [0.4, 0.5) is 23.2 Å². The van der Waals surface area contributed by atoms with E-state index in [1.54, 1.807) is 6.07 Å². The summed E-state index contributed by atoms with van der Waals surface area (Å²) in [5, 5.41) is 6.03. The number of hydrogen-bond acceptors (Lipinski definition) is 3. The highest BCUT2D eigenvalue weighted by atomic mass is 19.4. The molecular weight excluding hydrogens is 462 g/mol. The minimum atomic E-state index is -4.65. The summed E-state index contributed by atoms with van der Waals surface area (Å²) in [4.78, 5) is 28.3. The smallest absolute Gasteiger partial charge is 0.385 e. The van der Waals surface area contributed by atoms with Crippen molar-refractivity contribution in [3.8, 4) is 0 Å². The van der Waals surface area contributed by atoms with E-state index in [1.165, 1.54) is 4.90 Å². The van der Waals surface area contributed by atoms with Crippen LogP contribution in [-0.4, -0.2) is 35.8 Å². The molecule has 1 aliphatic heterocycles.